The van der Waals surface area contributed by atoms with Gasteiger partial charge in [0.2, 0.25) is 5.91 Å². The lowest BCUT2D eigenvalue weighted by molar-refractivity contribution is -0.141. The third-order valence-electron chi connectivity index (χ3n) is 7.01. The number of pyridine rings is 1. The Kier molecular flexibility index (Phi) is 5.88. The van der Waals surface area contributed by atoms with Gasteiger partial charge in [0.1, 0.15) is 6.10 Å². The van der Waals surface area contributed by atoms with E-state index < -0.39 is 24.1 Å². The van der Waals surface area contributed by atoms with Gasteiger partial charge in [0.05, 0.1) is 29.5 Å². The smallest absolute Gasteiger partial charge is 0.414 e. The van der Waals surface area contributed by atoms with Crippen molar-refractivity contribution in [1.82, 2.24) is 9.88 Å². The van der Waals surface area contributed by atoms with Crippen molar-refractivity contribution in [2.75, 3.05) is 29.1 Å². The second-order valence-corrected chi connectivity index (χ2v) is 10.3. The summed E-state index contributed by atoms with van der Waals surface area (Å²) in [5.74, 6) is -0.760. The first kappa shape index (κ1) is 23.6. The molecular formula is C26H24N4O6S. The standard InChI is InChI=1S/C26H24N4O6S/c31-20-13-37-19-8-7-15(11-18(19)28-20)29-12-16(36-26(29)35)4-2-10-27-22-17-5-1-3-14-6-9-21(32)30(23(14)17)24(22)25(33)34/h1,3,5-9,11,16,22,24,27H,2,4,10,12-13H2,(H,28,31)(H,33,34)/t16-,22+,24+/m0/s1. The van der Waals surface area contributed by atoms with Crippen LogP contribution in [0.2, 0.25) is 0 Å². The van der Waals surface area contributed by atoms with Gasteiger partial charge in [-0.2, -0.15) is 0 Å². The minimum absolute atomic E-state index is 0.0689. The van der Waals surface area contributed by atoms with Crippen LogP contribution in [-0.4, -0.2) is 52.6 Å². The van der Waals surface area contributed by atoms with Crippen molar-refractivity contribution >= 4 is 52.0 Å². The molecule has 190 valence electrons. The molecule has 0 radical (unpaired) electrons. The van der Waals surface area contributed by atoms with Crippen LogP contribution in [0.4, 0.5) is 16.2 Å². The predicted molar refractivity (Wildman–Crippen MR) is 138 cm³/mol. The van der Waals surface area contributed by atoms with E-state index >= 15 is 0 Å². The molecule has 11 heteroatoms. The van der Waals surface area contributed by atoms with Crippen LogP contribution in [0.3, 0.4) is 0 Å². The van der Waals surface area contributed by atoms with E-state index in [9.17, 15) is 24.3 Å². The summed E-state index contributed by atoms with van der Waals surface area (Å²) in [7, 11) is 0. The van der Waals surface area contributed by atoms with Crippen LogP contribution >= 0.6 is 11.8 Å². The predicted octanol–water partition coefficient (Wildman–Crippen LogP) is 3.12. The van der Waals surface area contributed by atoms with E-state index in [1.807, 2.05) is 30.3 Å². The second-order valence-electron chi connectivity index (χ2n) is 9.32. The number of benzene rings is 2. The maximum Gasteiger partial charge on any atom is 0.414 e. The molecule has 0 unspecified atom stereocenters. The Hall–Kier alpha value is -3.83. The molecule has 0 bridgehead atoms. The molecule has 4 heterocycles. The van der Waals surface area contributed by atoms with Crippen molar-refractivity contribution in [3.63, 3.8) is 0 Å². The first-order valence-electron chi connectivity index (χ1n) is 12.1. The van der Waals surface area contributed by atoms with E-state index in [1.54, 1.807) is 17.0 Å². The summed E-state index contributed by atoms with van der Waals surface area (Å²) >= 11 is 1.46. The van der Waals surface area contributed by atoms with Gasteiger partial charge in [0.15, 0.2) is 6.04 Å². The summed E-state index contributed by atoms with van der Waals surface area (Å²) in [6, 6.07) is 12.7. The van der Waals surface area contributed by atoms with Crippen molar-refractivity contribution in [3.05, 3.63) is 64.4 Å². The Morgan fingerprint density at radius 3 is 2.86 bits per heavy atom. The molecule has 1 saturated heterocycles. The first-order chi connectivity index (χ1) is 17.9. The normalized spacial score (nSPS) is 22.2. The van der Waals surface area contributed by atoms with Crippen molar-refractivity contribution in [2.24, 2.45) is 0 Å². The number of para-hydroxylation sites is 1. The number of nitrogens with one attached hydrogen (secondary N) is 2. The minimum atomic E-state index is -1.07. The molecule has 6 rings (SSSR count). The summed E-state index contributed by atoms with van der Waals surface area (Å²) in [4.78, 5) is 51.5. The number of carboxylic acids is 1. The number of carboxylic acid groups (broad SMARTS) is 1. The summed E-state index contributed by atoms with van der Waals surface area (Å²) in [5, 5.41) is 16.9. The zero-order valence-corrected chi connectivity index (χ0v) is 20.5. The number of thioether (sulfide) groups is 1. The monoisotopic (exact) mass is 520 g/mol. The highest BCUT2D eigenvalue weighted by atomic mass is 32.2. The number of carbonyl (C=O) groups is 3. The zero-order valence-electron chi connectivity index (χ0n) is 19.7. The molecule has 3 aliphatic heterocycles. The third-order valence-corrected chi connectivity index (χ3v) is 8.09. The molecular weight excluding hydrogens is 496 g/mol. The van der Waals surface area contributed by atoms with Crippen molar-refractivity contribution in [1.29, 1.82) is 0 Å². The summed E-state index contributed by atoms with van der Waals surface area (Å²) in [5.41, 5.74) is 2.46. The average Bonchev–Trinajstić information content (AvgIpc) is 3.42. The summed E-state index contributed by atoms with van der Waals surface area (Å²) in [6.07, 6.45) is 0.494. The highest BCUT2D eigenvalue weighted by Gasteiger charge is 2.39. The van der Waals surface area contributed by atoms with E-state index in [-0.39, 0.29) is 17.6 Å². The third kappa shape index (κ3) is 4.13. The van der Waals surface area contributed by atoms with E-state index in [4.69, 9.17) is 4.74 Å². The Morgan fingerprint density at radius 2 is 2.03 bits per heavy atom. The average molecular weight is 521 g/mol. The van der Waals surface area contributed by atoms with Gasteiger partial charge < -0.3 is 20.5 Å². The van der Waals surface area contributed by atoms with Crippen LogP contribution in [0.25, 0.3) is 10.9 Å². The molecule has 0 spiro atoms. The van der Waals surface area contributed by atoms with E-state index in [2.05, 4.69) is 10.6 Å². The number of carbonyl (C=O) groups excluding carboxylic acids is 2. The molecule has 0 saturated carbocycles. The second kappa shape index (κ2) is 9.24. The van der Waals surface area contributed by atoms with Gasteiger partial charge in [-0.3, -0.25) is 19.1 Å². The molecule has 3 aromatic rings. The van der Waals surface area contributed by atoms with E-state index in [0.717, 1.165) is 15.8 Å². The van der Waals surface area contributed by atoms with Crippen LogP contribution < -0.4 is 21.1 Å². The fraction of sp³-hybridized carbons (Fsp3) is 0.308. The van der Waals surface area contributed by atoms with Gasteiger partial charge >= 0.3 is 12.1 Å². The van der Waals surface area contributed by atoms with Gasteiger partial charge in [-0.1, -0.05) is 18.2 Å². The van der Waals surface area contributed by atoms with Crippen molar-refractivity contribution in [2.45, 2.75) is 35.9 Å². The number of nitrogens with zero attached hydrogens (tertiary/aromatic N) is 2. The molecule has 3 atom stereocenters. The van der Waals surface area contributed by atoms with Gasteiger partial charge in [-0.05, 0) is 54.6 Å². The number of cyclic esters (lactones) is 1. The van der Waals surface area contributed by atoms with Crippen LogP contribution in [-0.2, 0) is 14.3 Å². The topological polar surface area (TPSA) is 130 Å². The number of anilines is 2. The molecule has 3 aliphatic rings. The van der Waals surface area contributed by atoms with Crippen LogP contribution in [0.5, 0.6) is 0 Å². The number of aromatic nitrogens is 1. The minimum Gasteiger partial charge on any atom is -0.480 e. The number of rotatable bonds is 7. The van der Waals surface area contributed by atoms with Crippen molar-refractivity contribution < 1.29 is 24.2 Å². The first-order valence-corrected chi connectivity index (χ1v) is 13.0. The van der Waals surface area contributed by atoms with Gasteiger partial charge in [-0.15, -0.1) is 11.8 Å². The highest BCUT2D eigenvalue weighted by molar-refractivity contribution is 8.00. The molecule has 37 heavy (non-hydrogen) atoms. The lowest BCUT2D eigenvalue weighted by Crippen LogP contribution is -2.35. The molecule has 1 fully saturated rings. The van der Waals surface area contributed by atoms with Crippen LogP contribution in [0.15, 0.2) is 58.2 Å². The van der Waals surface area contributed by atoms with Gasteiger partial charge in [-0.25, -0.2) is 9.59 Å². The van der Waals surface area contributed by atoms with Crippen LogP contribution in [0.1, 0.15) is 30.5 Å². The summed E-state index contributed by atoms with van der Waals surface area (Å²) in [6.45, 7) is 0.879. The zero-order chi connectivity index (χ0) is 25.7. The van der Waals surface area contributed by atoms with Crippen LogP contribution in [0, 0.1) is 0 Å². The molecule has 2 amide bonds. The number of fused-ring (bicyclic) bond motifs is 1. The fourth-order valence-corrected chi connectivity index (χ4v) is 6.16. The fourth-order valence-electron chi connectivity index (χ4n) is 5.37. The molecule has 0 aliphatic carbocycles. The molecule has 10 nitrogen and oxygen atoms in total. The number of ether oxygens (including phenoxy) is 1. The number of hydrogen-bond donors (Lipinski definition) is 3. The summed E-state index contributed by atoms with van der Waals surface area (Å²) < 4.78 is 6.93. The number of aliphatic carboxylic acids is 1. The molecule has 1 aromatic heterocycles. The Bertz CT molecular complexity index is 1500. The van der Waals surface area contributed by atoms with E-state index in [1.165, 1.54) is 22.4 Å². The Morgan fingerprint density at radius 1 is 1.16 bits per heavy atom. The quantitative estimate of drug-likeness (QED) is 0.405. The van der Waals surface area contributed by atoms with Gasteiger partial charge in [0.25, 0.3) is 5.56 Å². The number of hydrogen-bond acceptors (Lipinski definition) is 7. The highest BCUT2D eigenvalue weighted by Crippen LogP contribution is 2.39. The Labute approximate surface area is 215 Å². The van der Waals surface area contributed by atoms with E-state index in [0.29, 0.717) is 48.6 Å². The Balaban J connectivity index is 1.09. The SMILES string of the molecule is O=C1CSc2ccc(N3C[C@H](CCCN[C@@H]4c5cccc6ccc(=O)n(c56)[C@H]4C(=O)O)OC3=O)cc2N1. The maximum absolute atomic E-state index is 12.5. The lowest BCUT2D eigenvalue weighted by atomic mass is 10.0. The maximum atomic E-state index is 12.5. The largest absolute Gasteiger partial charge is 0.480 e. The van der Waals surface area contributed by atoms with Gasteiger partial charge in [0, 0.05) is 16.6 Å². The number of amides is 2. The molecule has 2 aromatic carbocycles. The van der Waals surface area contributed by atoms with Crippen molar-refractivity contribution in [3.8, 4) is 0 Å². The lowest BCUT2D eigenvalue weighted by Gasteiger charge is -2.20. The molecule has 3 N–H and O–H groups in total.